The third-order valence-electron chi connectivity index (χ3n) is 6.66. The van der Waals surface area contributed by atoms with Crippen LogP contribution in [-0.4, -0.2) is 44.8 Å². The zero-order valence-electron chi connectivity index (χ0n) is 17.1. The molecule has 28 heavy (non-hydrogen) atoms. The summed E-state index contributed by atoms with van der Waals surface area (Å²) in [6, 6.07) is 12.1. The summed E-state index contributed by atoms with van der Waals surface area (Å²) in [5, 5.41) is 0. The van der Waals surface area contributed by atoms with E-state index in [1.54, 1.807) is 0 Å². The first kappa shape index (κ1) is 18.8. The van der Waals surface area contributed by atoms with Crippen molar-refractivity contribution in [1.29, 1.82) is 0 Å². The predicted molar refractivity (Wildman–Crippen MR) is 109 cm³/mol. The minimum atomic E-state index is -0.666. The van der Waals surface area contributed by atoms with E-state index in [2.05, 4.69) is 12.1 Å². The lowest BCUT2D eigenvalue weighted by Crippen LogP contribution is -2.61. The van der Waals surface area contributed by atoms with E-state index in [1.165, 1.54) is 0 Å². The van der Waals surface area contributed by atoms with Gasteiger partial charge < -0.3 is 14.4 Å². The number of carbonyl (C=O) groups is 2. The zero-order valence-corrected chi connectivity index (χ0v) is 17.1. The molecular formula is C23H29N3O2. The molecule has 5 nitrogen and oxygen atoms in total. The third kappa shape index (κ3) is 2.93. The number of hydrogen-bond acceptors (Lipinski definition) is 2. The molecule has 1 spiro atoms. The van der Waals surface area contributed by atoms with Crippen LogP contribution in [0.15, 0.2) is 36.4 Å². The molecule has 0 saturated carbocycles. The highest BCUT2D eigenvalue weighted by Gasteiger charge is 2.53. The summed E-state index contributed by atoms with van der Waals surface area (Å²) in [6.07, 6.45) is 3.37. The molecular weight excluding hydrogens is 350 g/mol. The van der Waals surface area contributed by atoms with Crippen molar-refractivity contribution in [1.82, 2.24) is 14.4 Å². The van der Waals surface area contributed by atoms with Crippen LogP contribution in [0, 0.1) is 13.8 Å². The van der Waals surface area contributed by atoms with Crippen molar-refractivity contribution in [3.63, 3.8) is 0 Å². The average Bonchev–Trinajstić information content (AvgIpc) is 3.23. The maximum absolute atomic E-state index is 13.6. The number of nitrogens with zero attached hydrogens (tertiary/aromatic N) is 3. The molecule has 1 aromatic carbocycles. The Balaban J connectivity index is 1.62. The maximum Gasteiger partial charge on any atom is 0.256 e. The fourth-order valence-electron chi connectivity index (χ4n) is 4.89. The molecule has 148 valence electrons. The number of carbonyl (C=O) groups excluding carboxylic acids is 2. The van der Waals surface area contributed by atoms with Gasteiger partial charge in [0.2, 0.25) is 5.91 Å². The fraction of sp³-hybridized carbons (Fsp3) is 0.478. The molecule has 2 saturated heterocycles. The number of rotatable bonds is 3. The summed E-state index contributed by atoms with van der Waals surface area (Å²) in [6.45, 7) is 6.04. The second-order valence-corrected chi connectivity index (χ2v) is 8.25. The summed E-state index contributed by atoms with van der Waals surface area (Å²) >= 11 is 0. The number of aryl methyl sites for hydroxylation is 1. The van der Waals surface area contributed by atoms with Crippen LogP contribution in [0.5, 0.6) is 0 Å². The van der Waals surface area contributed by atoms with Crippen molar-refractivity contribution < 1.29 is 9.59 Å². The van der Waals surface area contributed by atoms with E-state index in [0.717, 1.165) is 54.7 Å². The van der Waals surface area contributed by atoms with Gasteiger partial charge in [-0.3, -0.25) is 9.59 Å². The molecule has 0 radical (unpaired) electrons. The van der Waals surface area contributed by atoms with Crippen molar-refractivity contribution >= 4 is 11.8 Å². The molecule has 2 amide bonds. The van der Waals surface area contributed by atoms with E-state index in [1.807, 2.05) is 59.5 Å². The van der Waals surface area contributed by atoms with Crippen molar-refractivity contribution in [2.75, 3.05) is 13.1 Å². The van der Waals surface area contributed by atoms with Gasteiger partial charge in [0.1, 0.15) is 5.54 Å². The first-order chi connectivity index (χ1) is 13.4. The van der Waals surface area contributed by atoms with E-state index in [0.29, 0.717) is 13.1 Å². The normalized spacial score (nSPS) is 22.3. The van der Waals surface area contributed by atoms with E-state index in [-0.39, 0.29) is 11.8 Å². The maximum atomic E-state index is 13.6. The van der Waals surface area contributed by atoms with Gasteiger partial charge in [-0.1, -0.05) is 30.3 Å². The SMILES string of the molecule is Cc1cc(C(=O)N2CCCC23CCCN(Cc2ccccc2)C3=O)c(C)n1C. The molecule has 2 fully saturated rings. The fourth-order valence-corrected chi connectivity index (χ4v) is 4.89. The summed E-state index contributed by atoms with van der Waals surface area (Å²) < 4.78 is 2.04. The van der Waals surface area contributed by atoms with Crippen molar-refractivity contribution in [2.24, 2.45) is 7.05 Å². The zero-order chi connectivity index (χ0) is 19.9. The molecule has 1 atom stereocenters. The Morgan fingerprint density at radius 3 is 2.39 bits per heavy atom. The highest BCUT2D eigenvalue weighted by Crippen LogP contribution is 2.40. The lowest BCUT2D eigenvalue weighted by Gasteiger charge is -2.44. The predicted octanol–water partition coefficient (Wildman–Crippen LogP) is 3.44. The molecule has 3 heterocycles. The van der Waals surface area contributed by atoms with Crippen LogP contribution in [-0.2, 0) is 18.4 Å². The van der Waals surface area contributed by atoms with E-state index in [9.17, 15) is 9.59 Å². The summed E-state index contributed by atoms with van der Waals surface area (Å²) in [4.78, 5) is 30.9. The largest absolute Gasteiger partial charge is 0.351 e. The first-order valence-corrected chi connectivity index (χ1v) is 10.2. The third-order valence-corrected chi connectivity index (χ3v) is 6.66. The molecule has 4 rings (SSSR count). The quantitative estimate of drug-likeness (QED) is 0.820. The Morgan fingerprint density at radius 2 is 1.75 bits per heavy atom. The van der Waals surface area contributed by atoms with Crippen LogP contribution in [0.2, 0.25) is 0 Å². The van der Waals surface area contributed by atoms with Crippen LogP contribution in [0.4, 0.5) is 0 Å². The molecule has 0 N–H and O–H groups in total. The number of benzene rings is 1. The topological polar surface area (TPSA) is 45.6 Å². The smallest absolute Gasteiger partial charge is 0.256 e. The van der Waals surface area contributed by atoms with Gasteiger partial charge >= 0.3 is 0 Å². The minimum absolute atomic E-state index is 0.00797. The van der Waals surface area contributed by atoms with Crippen molar-refractivity contribution in [2.45, 2.75) is 51.6 Å². The minimum Gasteiger partial charge on any atom is -0.351 e. The Bertz CT molecular complexity index is 902. The summed E-state index contributed by atoms with van der Waals surface area (Å²) in [5.74, 6) is 0.132. The van der Waals surface area contributed by atoms with Gasteiger partial charge in [0.25, 0.3) is 5.91 Å². The molecule has 2 aromatic rings. The van der Waals surface area contributed by atoms with Crippen LogP contribution in [0.25, 0.3) is 0 Å². The molecule has 1 unspecified atom stereocenters. The molecule has 0 bridgehead atoms. The molecule has 2 aliphatic rings. The second-order valence-electron chi connectivity index (χ2n) is 8.25. The van der Waals surface area contributed by atoms with Gasteiger partial charge in [-0.05, 0) is 51.2 Å². The number of likely N-dealkylation sites (tertiary alicyclic amines) is 2. The Hall–Kier alpha value is -2.56. The van der Waals surface area contributed by atoms with E-state index < -0.39 is 5.54 Å². The van der Waals surface area contributed by atoms with Crippen LogP contribution >= 0.6 is 0 Å². The lowest BCUT2D eigenvalue weighted by atomic mass is 9.84. The van der Waals surface area contributed by atoms with Crippen LogP contribution in [0.1, 0.15) is 53.0 Å². The molecule has 1 aromatic heterocycles. The lowest BCUT2D eigenvalue weighted by molar-refractivity contribution is -0.146. The molecule has 5 heteroatoms. The van der Waals surface area contributed by atoms with Gasteiger partial charge in [0.05, 0.1) is 5.56 Å². The van der Waals surface area contributed by atoms with Gasteiger partial charge in [0.15, 0.2) is 0 Å². The van der Waals surface area contributed by atoms with E-state index >= 15 is 0 Å². The highest BCUT2D eigenvalue weighted by atomic mass is 16.2. The van der Waals surface area contributed by atoms with Gasteiger partial charge in [-0.15, -0.1) is 0 Å². The Morgan fingerprint density at radius 1 is 1.07 bits per heavy atom. The van der Waals surface area contributed by atoms with Crippen molar-refractivity contribution in [3.05, 3.63) is 58.9 Å². The van der Waals surface area contributed by atoms with E-state index in [4.69, 9.17) is 0 Å². The number of hydrogen-bond donors (Lipinski definition) is 0. The summed E-state index contributed by atoms with van der Waals surface area (Å²) in [5.41, 5.74) is 3.23. The molecule has 0 aliphatic carbocycles. The first-order valence-electron chi connectivity index (χ1n) is 10.2. The van der Waals surface area contributed by atoms with Gasteiger partial charge in [-0.2, -0.15) is 0 Å². The second kappa shape index (κ2) is 7.12. The average molecular weight is 380 g/mol. The van der Waals surface area contributed by atoms with Crippen molar-refractivity contribution in [3.8, 4) is 0 Å². The van der Waals surface area contributed by atoms with Gasteiger partial charge in [-0.25, -0.2) is 0 Å². The van der Waals surface area contributed by atoms with Crippen LogP contribution in [0.3, 0.4) is 0 Å². The number of aromatic nitrogens is 1. The number of amides is 2. The monoisotopic (exact) mass is 379 g/mol. The van der Waals surface area contributed by atoms with Gasteiger partial charge in [0, 0.05) is 38.1 Å². The molecule has 2 aliphatic heterocycles. The number of piperidine rings is 1. The Labute approximate surface area is 166 Å². The summed E-state index contributed by atoms with van der Waals surface area (Å²) in [7, 11) is 1.98. The Kier molecular flexibility index (Phi) is 4.77. The highest BCUT2D eigenvalue weighted by molar-refractivity contribution is 6.01. The standard InChI is InChI=1S/C23H29N3O2/c1-17-15-20(18(2)24(17)3)21(27)26-14-8-12-23(26)11-7-13-25(22(23)28)16-19-9-5-4-6-10-19/h4-6,9-10,15H,7-8,11-14,16H2,1-3H3. The van der Waals surface area contributed by atoms with Crippen LogP contribution < -0.4 is 0 Å².